The Balaban J connectivity index is 1.29. The average Bonchev–Trinajstić information content (AvgIpc) is 3.49. The summed E-state index contributed by atoms with van der Waals surface area (Å²) in [6.45, 7) is 4.32. The minimum atomic E-state index is -3.61. The quantitative estimate of drug-likeness (QED) is 0.541. The largest absolute Gasteiger partial charge is 0.445 e. The summed E-state index contributed by atoms with van der Waals surface area (Å²) >= 11 is 0. The van der Waals surface area contributed by atoms with Gasteiger partial charge in [0.1, 0.15) is 11.6 Å². The van der Waals surface area contributed by atoms with Crippen LogP contribution >= 0.6 is 0 Å². The first-order valence-corrected chi connectivity index (χ1v) is 11.9. The van der Waals surface area contributed by atoms with E-state index >= 15 is 0 Å². The second-order valence-electron chi connectivity index (χ2n) is 8.56. The molecular formula is C21H24FN5O3S. The number of H-pyrrole nitrogens is 1. The van der Waals surface area contributed by atoms with Gasteiger partial charge in [0.25, 0.3) is 0 Å². The van der Waals surface area contributed by atoms with Gasteiger partial charge in [-0.15, -0.1) is 0 Å². The van der Waals surface area contributed by atoms with Gasteiger partial charge in [0.2, 0.25) is 10.0 Å². The van der Waals surface area contributed by atoms with Gasteiger partial charge in [-0.05, 0) is 37.0 Å². The van der Waals surface area contributed by atoms with Crippen LogP contribution in [-0.2, 0) is 16.6 Å². The molecule has 1 aromatic carbocycles. The number of nitrogens with zero attached hydrogens (tertiary/aromatic N) is 2. The molecule has 3 N–H and O–H groups in total. The van der Waals surface area contributed by atoms with Gasteiger partial charge in [-0.2, -0.15) is 5.10 Å². The summed E-state index contributed by atoms with van der Waals surface area (Å²) in [7, 11) is -3.61. The van der Waals surface area contributed by atoms with E-state index in [1.807, 2.05) is 12.3 Å². The van der Waals surface area contributed by atoms with Crippen molar-refractivity contribution in [3.05, 3.63) is 53.1 Å². The minimum Gasteiger partial charge on any atom is -0.445 e. The molecule has 2 unspecified atom stereocenters. The predicted octanol–water partition coefficient (Wildman–Crippen LogP) is 4.25. The summed E-state index contributed by atoms with van der Waals surface area (Å²) in [6.07, 6.45) is 4.71. The molecule has 0 radical (unpaired) electrons. The van der Waals surface area contributed by atoms with E-state index in [1.165, 1.54) is 6.07 Å². The lowest BCUT2D eigenvalue weighted by atomic mass is 10.0. The van der Waals surface area contributed by atoms with Crippen molar-refractivity contribution >= 4 is 21.5 Å². The maximum absolute atomic E-state index is 14.5. The Labute approximate surface area is 179 Å². The molecule has 0 spiro atoms. The smallest absolute Gasteiger partial charge is 0.241 e. The van der Waals surface area contributed by atoms with Crippen LogP contribution in [-0.4, -0.2) is 23.6 Å². The zero-order valence-electron chi connectivity index (χ0n) is 17.3. The Kier molecular flexibility index (Phi) is 4.86. The monoisotopic (exact) mass is 445 g/mol. The fourth-order valence-corrected chi connectivity index (χ4v) is 5.56. The Morgan fingerprint density at radius 2 is 2.03 bits per heavy atom. The number of benzene rings is 1. The molecule has 2 atom stereocenters. The second-order valence-corrected chi connectivity index (χ2v) is 10.3. The molecule has 3 aromatic rings. The number of oxazole rings is 1. The predicted molar refractivity (Wildman–Crippen MR) is 112 cm³/mol. The van der Waals surface area contributed by atoms with E-state index in [2.05, 4.69) is 39.1 Å². The Morgan fingerprint density at radius 3 is 2.81 bits per heavy atom. The van der Waals surface area contributed by atoms with E-state index in [9.17, 15) is 12.8 Å². The molecule has 1 fully saturated rings. The number of rotatable bonds is 5. The van der Waals surface area contributed by atoms with Crippen LogP contribution in [0, 0.1) is 5.82 Å². The van der Waals surface area contributed by atoms with Crippen LogP contribution in [0.25, 0.3) is 0 Å². The van der Waals surface area contributed by atoms with E-state index in [-0.39, 0.29) is 23.0 Å². The molecule has 3 heterocycles. The van der Waals surface area contributed by atoms with Gasteiger partial charge in [0.05, 0.1) is 16.8 Å². The van der Waals surface area contributed by atoms with Gasteiger partial charge >= 0.3 is 0 Å². The van der Waals surface area contributed by atoms with E-state index in [0.717, 1.165) is 42.7 Å². The van der Waals surface area contributed by atoms with Crippen LogP contribution in [0.15, 0.2) is 33.7 Å². The molecule has 0 amide bonds. The van der Waals surface area contributed by atoms with E-state index in [1.54, 1.807) is 0 Å². The van der Waals surface area contributed by atoms with Gasteiger partial charge in [0.15, 0.2) is 11.7 Å². The van der Waals surface area contributed by atoms with Gasteiger partial charge < -0.3 is 9.73 Å². The van der Waals surface area contributed by atoms with E-state index < -0.39 is 15.8 Å². The summed E-state index contributed by atoms with van der Waals surface area (Å²) in [5.41, 5.74) is 1.71. The molecule has 2 aliphatic rings. The van der Waals surface area contributed by atoms with E-state index in [4.69, 9.17) is 4.42 Å². The molecule has 1 aliphatic carbocycles. The summed E-state index contributed by atoms with van der Waals surface area (Å²) < 4.78 is 46.5. The topological polar surface area (TPSA) is 113 Å². The van der Waals surface area contributed by atoms with Crippen molar-refractivity contribution in [1.29, 1.82) is 0 Å². The molecule has 164 valence electrons. The third-order valence-electron chi connectivity index (χ3n) is 6.08. The molecule has 2 aromatic heterocycles. The molecule has 31 heavy (non-hydrogen) atoms. The highest BCUT2D eigenvalue weighted by atomic mass is 32.2. The van der Waals surface area contributed by atoms with Crippen molar-refractivity contribution in [1.82, 2.24) is 19.9 Å². The van der Waals surface area contributed by atoms with Crippen LogP contribution in [0.3, 0.4) is 0 Å². The molecule has 0 bridgehead atoms. The highest BCUT2D eigenvalue weighted by Gasteiger charge is 2.32. The van der Waals surface area contributed by atoms with Crippen LogP contribution in [0.2, 0.25) is 0 Å². The molecular weight excluding hydrogens is 421 g/mol. The molecule has 0 saturated heterocycles. The van der Waals surface area contributed by atoms with Crippen LogP contribution in [0.1, 0.15) is 73.8 Å². The van der Waals surface area contributed by atoms with Crippen molar-refractivity contribution in [2.24, 2.45) is 0 Å². The molecule has 10 heteroatoms. The van der Waals surface area contributed by atoms with Gasteiger partial charge in [-0.1, -0.05) is 13.8 Å². The fraction of sp³-hybridized carbons (Fsp3) is 0.429. The van der Waals surface area contributed by atoms with Crippen molar-refractivity contribution in [2.75, 3.05) is 5.32 Å². The van der Waals surface area contributed by atoms with E-state index in [0.29, 0.717) is 23.2 Å². The lowest BCUT2D eigenvalue weighted by Gasteiger charge is -2.08. The number of sulfonamides is 1. The highest BCUT2D eigenvalue weighted by molar-refractivity contribution is 7.89. The zero-order valence-corrected chi connectivity index (χ0v) is 18.1. The maximum Gasteiger partial charge on any atom is 0.241 e. The summed E-state index contributed by atoms with van der Waals surface area (Å²) in [5.74, 6) is 2.45. The molecule has 1 aliphatic heterocycles. The standard InChI is InChI=1S/C21H24FN5O3S/c1-11(2)18-10-23-21(30-18)13-4-3-12(5-13)16-8-20(27-26-16)25-17-6-14-9-24-31(28,29)19(14)7-15(17)22/h6-8,10-13,24H,3-5,9H2,1-2H3,(H2,25,26,27). The van der Waals surface area contributed by atoms with Gasteiger partial charge in [-0.25, -0.2) is 22.5 Å². The number of hydrogen-bond donors (Lipinski definition) is 3. The first kappa shape index (κ1) is 20.2. The highest BCUT2D eigenvalue weighted by Crippen LogP contribution is 2.43. The SMILES string of the molecule is CC(C)c1cnc(C2CCC(c3cc(Nc4cc5c(cc4F)S(=O)(=O)NC5)n[nH]3)C2)o1. The number of aromatic amines is 1. The first-order valence-electron chi connectivity index (χ1n) is 10.4. The van der Waals surface area contributed by atoms with Gasteiger partial charge in [-0.3, -0.25) is 5.10 Å². The zero-order chi connectivity index (χ0) is 21.8. The summed E-state index contributed by atoms with van der Waals surface area (Å²) in [6, 6.07) is 4.44. The van der Waals surface area contributed by atoms with Crippen molar-refractivity contribution in [2.45, 2.75) is 62.3 Å². The summed E-state index contributed by atoms with van der Waals surface area (Å²) in [4.78, 5) is 4.45. The van der Waals surface area contributed by atoms with Crippen molar-refractivity contribution in [3.63, 3.8) is 0 Å². The Hall–Kier alpha value is -2.72. The fourth-order valence-electron chi connectivity index (χ4n) is 4.33. The van der Waals surface area contributed by atoms with Crippen molar-refractivity contribution in [3.8, 4) is 0 Å². The molecule has 5 rings (SSSR count). The van der Waals surface area contributed by atoms with Crippen LogP contribution in [0.4, 0.5) is 15.9 Å². The van der Waals surface area contributed by atoms with Crippen LogP contribution in [0.5, 0.6) is 0 Å². The third-order valence-corrected chi connectivity index (χ3v) is 7.57. The first-order chi connectivity index (χ1) is 14.8. The lowest BCUT2D eigenvalue weighted by molar-refractivity contribution is 0.406. The Bertz CT molecular complexity index is 1230. The normalized spacial score (nSPS) is 22.2. The minimum absolute atomic E-state index is 0.0116. The third kappa shape index (κ3) is 3.74. The number of halogens is 1. The number of nitrogens with one attached hydrogen (secondary N) is 3. The number of fused-ring (bicyclic) bond motifs is 1. The average molecular weight is 446 g/mol. The lowest BCUT2D eigenvalue weighted by Crippen LogP contribution is -2.13. The maximum atomic E-state index is 14.5. The van der Waals surface area contributed by atoms with Gasteiger partial charge in [0, 0.05) is 36.1 Å². The Morgan fingerprint density at radius 1 is 1.23 bits per heavy atom. The molecule has 1 saturated carbocycles. The molecule has 8 nitrogen and oxygen atoms in total. The summed E-state index contributed by atoms with van der Waals surface area (Å²) in [5, 5.41) is 10.3. The number of anilines is 2. The second kappa shape index (κ2) is 7.45. The van der Waals surface area contributed by atoms with Crippen LogP contribution < -0.4 is 10.0 Å². The van der Waals surface area contributed by atoms with Crippen molar-refractivity contribution < 1.29 is 17.2 Å². The number of hydrogen-bond acceptors (Lipinski definition) is 6. The number of aromatic nitrogens is 3.